The van der Waals surface area contributed by atoms with Crippen molar-refractivity contribution in [1.29, 1.82) is 0 Å². The van der Waals surface area contributed by atoms with E-state index in [4.69, 9.17) is 0 Å². The summed E-state index contributed by atoms with van der Waals surface area (Å²) in [5, 5.41) is 0. The molecule has 3 aromatic carbocycles. The monoisotopic (exact) mass is 262 g/mol. The molecule has 0 N–H and O–H groups in total. The Morgan fingerprint density at radius 2 is 1.30 bits per heavy atom. The highest BCUT2D eigenvalue weighted by molar-refractivity contribution is 5.73. The van der Waals surface area contributed by atoms with E-state index in [9.17, 15) is 4.39 Å². The van der Waals surface area contributed by atoms with Gasteiger partial charge in [0, 0.05) is 0 Å². The van der Waals surface area contributed by atoms with E-state index in [1.54, 1.807) is 0 Å². The molecule has 0 saturated carbocycles. The van der Waals surface area contributed by atoms with Gasteiger partial charge < -0.3 is 0 Å². The summed E-state index contributed by atoms with van der Waals surface area (Å²) in [6, 6.07) is 23.3. The van der Waals surface area contributed by atoms with Crippen LogP contribution in [0.15, 0.2) is 72.8 Å². The van der Waals surface area contributed by atoms with E-state index in [0.29, 0.717) is 0 Å². The molecule has 0 bridgehead atoms. The SMILES string of the molecule is Cc1cc(-c2ccccc2)ccc1-c1ccc(F)cc1. The van der Waals surface area contributed by atoms with E-state index in [1.165, 1.54) is 28.8 Å². The van der Waals surface area contributed by atoms with Crippen LogP contribution in [-0.4, -0.2) is 0 Å². The van der Waals surface area contributed by atoms with Gasteiger partial charge in [-0.3, -0.25) is 0 Å². The summed E-state index contributed by atoms with van der Waals surface area (Å²) in [5.41, 5.74) is 5.79. The van der Waals surface area contributed by atoms with E-state index in [1.807, 2.05) is 30.3 Å². The van der Waals surface area contributed by atoms with Gasteiger partial charge in [-0.1, -0.05) is 60.7 Å². The fourth-order valence-corrected chi connectivity index (χ4v) is 2.43. The lowest BCUT2D eigenvalue weighted by molar-refractivity contribution is 0.628. The lowest BCUT2D eigenvalue weighted by Gasteiger charge is -2.09. The van der Waals surface area contributed by atoms with Crippen molar-refractivity contribution in [1.82, 2.24) is 0 Å². The molecule has 0 fully saturated rings. The van der Waals surface area contributed by atoms with Gasteiger partial charge in [-0.05, 0) is 46.9 Å². The van der Waals surface area contributed by atoms with Crippen LogP contribution in [0, 0.1) is 12.7 Å². The zero-order valence-corrected chi connectivity index (χ0v) is 11.3. The Kier molecular flexibility index (Phi) is 3.34. The Morgan fingerprint density at radius 3 is 1.95 bits per heavy atom. The molecule has 20 heavy (non-hydrogen) atoms. The number of benzene rings is 3. The highest BCUT2D eigenvalue weighted by Crippen LogP contribution is 2.28. The Hall–Kier alpha value is -2.41. The summed E-state index contributed by atoms with van der Waals surface area (Å²) in [6.45, 7) is 2.09. The van der Waals surface area contributed by atoms with Gasteiger partial charge in [-0.25, -0.2) is 4.39 Å². The minimum absolute atomic E-state index is 0.202. The van der Waals surface area contributed by atoms with Gasteiger partial charge in [0.15, 0.2) is 0 Å². The van der Waals surface area contributed by atoms with Crippen LogP contribution in [0.5, 0.6) is 0 Å². The molecule has 0 nitrogen and oxygen atoms in total. The van der Waals surface area contributed by atoms with Gasteiger partial charge in [0.1, 0.15) is 5.82 Å². The summed E-state index contributed by atoms with van der Waals surface area (Å²) in [6.07, 6.45) is 0. The molecule has 0 aliphatic heterocycles. The summed E-state index contributed by atoms with van der Waals surface area (Å²) < 4.78 is 13.0. The molecule has 0 atom stereocenters. The quantitative estimate of drug-likeness (QED) is 0.574. The fraction of sp³-hybridized carbons (Fsp3) is 0.0526. The van der Waals surface area contributed by atoms with Gasteiger partial charge in [-0.2, -0.15) is 0 Å². The molecule has 0 spiro atoms. The van der Waals surface area contributed by atoms with Crippen LogP contribution in [0.4, 0.5) is 4.39 Å². The van der Waals surface area contributed by atoms with Gasteiger partial charge in [0.25, 0.3) is 0 Å². The van der Waals surface area contributed by atoms with Crippen molar-refractivity contribution >= 4 is 0 Å². The second-order valence-corrected chi connectivity index (χ2v) is 4.90. The van der Waals surface area contributed by atoms with E-state index < -0.39 is 0 Å². The van der Waals surface area contributed by atoms with Gasteiger partial charge >= 0.3 is 0 Å². The van der Waals surface area contributed by atoms with Crippen LogP contribution < -0.4 is 0 Å². The number of halogens is 1. The second kappa shape index (κ2) is 5.30. The predicted octanol–water partition coefficient (Wildman–Crippen LogP) is 5.47. The standard InChI is InChI=1S/C19H15F/c1-14-13-17(15-5-3-2-4-6-15)9-12-19(14)16-7-10-18(20)11-8-16/h2-13H,1H3. The van der Waals surface area contributed by atoms with Crippen LogP contribution >= 0.6 is 0 Å². The first-order valence-corrected chi connectivity index (χ1v) is 6.66. The topological polar surface area (TPSA) is 0 Å². The van der Waals surface area contributed by atoms with Crippen molar-refractivity contribution in [2.45, 2.75) is 6.92 Å². The molecule has 0 saturated heterocycles. The molecular weight excluding hydrogens is 247 g/mol. The molecule has 0 aliphatic carbocycles. The molecule has 0 radical (unpaired) electrons. The highest BCUT2D eigenvalue weighted by atomic mass is 19.1. The Bertz CT molecular complexity index is 713. The van der Waals surface area contributed by atoms with Crippen LogP contribution in [0.25, 0.3) is 22.3 Å². The molecule has 3 aromatic rings. The average molecular weight is 262 g/mol. The third-order valence-electron chi connectivity index (χ3n) is 3.49. The van der Waals surface area contributed by atoms with Crippen molar-refractivity contribution in [3.63, 3.8) is 0 Å². The Balaban J connectivity index is 2.02. The minimum atomic E-state index is -0.202. The van der Waals surface area contributed by atoms with E-state index in [0.717, 1.165) is 11.1 Å². The van der Waals surface area contributed by atoms with E-state index in [-0.39, 0.29) is 5.82 Å². The highest BCUT2D eigenvalue weighted by Gasteiger charge is 2.04. The molecule has 0 unspecified atom stereocenters. The summed E-state index contributed by atoms with van der Waals surface area (Å²) in [5.74, 6) is -0.202. The first-order chi connectivity index (χ1) is 9.74. The van der Waals surface area contributed by atoms with E-state index in [2.05, 4.69) is 37.3 Å². The molecule has 0 aromatic heterocycles. The third kappa shape index (κ3) is 2.48. The summed E-state index contributed by atoms with van der Waals surface area (Å²) in [4.78, 5) is 0. The summed E-state index contributed by atoms with van der Waals surface area (Å²) in [7, 11) is 0. The number of hydrogen-bond donors (Lipinski definition) is 0. The zero-order valence-electron chi connectivity index (χ0n) is 11.3. The predicted molar refractivity (Wildman–Crippen MR) is 82.0 cm³/mol. The molecule has 3 rings (SSSR count). The molecule has 0 aliphatic rings. The third-order valence-corrected chi connectivity index (χ3v) is 3.49. The Labute approximate surface area is 118 Å². The maximum atomic E-state index is 13.0. The normalized spacial score (nSPS) is 10.5. The lowest BCUT2D eigenvalue weighted by Crippen LogP contribution is -1.86. The van der Waals surface area contributed by atoms with E-state index >= 15 is 0 Å². The second-order valence-electron chi connectivity index (χ2n) is 4.90. The number of hydrogen-bond acceptors (Lipinski definition) is 0. The Morgan fingerprint density at radius 1 is 0.650 bits per heavy atom. The molecule has 0 heterocycles. The van der Waals surface area contributed by atoms with Gasteiger partial charge in [-0.15, -0.1) is 0 Å². The maximum absolute atomic E-state index is 13.0. The van der Waals surface area contributed by atoms with Gasteiger partial charge in [0.2, 0.25) is 0 Å². The smallest absolute Gasteiger partial charge is 0.123 e. The average Bonchev–Trinajstić information content (AvgIpc) is 2.49. The lowest BCUT2D eigenvalue weighted by atomic mass is 9.96. The first-order valence-electron chi connectivity index (χ1n) is 6.66. The van der Waals surface area contributed by atoms with Crippen molar-refractivity contribution in [2.75, 3.05) is 0 Å². The van der Waals surface area contributed by atoms with Crippen LogP contribution in [0.2, 0.25) is 0 Å². The van der Waals surface area contributed by atoms with Crippen LogP contribution in [0.3, 0.4) is 0 Å². The van der Waals surface area contributed by atoms with Crippen molar-refractivity contribution in [2.24, 2.45) is 0 Å². The van der Waals surface area contributed by atoms with Crippen molar-refractivity contribution < 1.29 is 4.39 Å². The van der Waals surface area contributed by atoms with Gasteiger partial charge in [0.05, 0.1) is 0 Å². The molecule has 1 heteroatoms. The fourth-order valence-electron chi connectivity index (χ4n) is 2.43. The summed E-state index contributed by atoms with van der Waals surface area (Å²) >= 11 is 0. The zero-order chi connectivity index (χ0) is 13.9. The maximum Gasteiger partial charge on any atom is 0.123 e. The number of aryl methyl sites for hydroxylation is 1. The van der Waals surface area contributed by atoms with Crippen molar-refractivity contribution in [3.05, 3.63) is 84.2 Å². The molecular formula is C19H15F. The first kappa shape index (κ1) is 12.6. The number of rotatable bonds is 2. The van der Waals surface area contributed by atoms with Crippen molar-refractivity contribution in [3.8, 4) is 22.3 Å². The molecule has 0 amide bonds. The molecule has 98 valence electrons. The largest absolute Gasteiger partial charge is 0.207 e. The minimum Gasteiger partial charge on any atom is -0.207 e. The van der Waals surface area contributed by atoms with Crippen LogP contribution in [0.1, 0.15) is 5.56 Å². The van der Waals surface area contributed by atoms with Crippen LogP contribution in [-0.2, 0) is 0 Å².